The zero-order valence-electron chi connectivity index (χ0n) is 16.0. The third-order valence-electron chi connectivity index (χ3n) is 4.69. The second-order valence-electron chi connectivity index (χ2n) is 6.72. The molecule has 4 rings (SSSR count). The lowest BCUT2D eigenvalue weighted by molar-refractivity contribution is -0.676. The highest BCUT2D eigenvalue weighted by atomic mass is 16.6. The minimum atomic E-state index is -0.433. The Morgan fingerprint density at radius 3 is 2.20 bits per heavy atom. The van der Waals surface area contributed by atoms with Crippen molar-refractivity contribution in [1.82, 2.24) is 4.68 Å². The Morgan fingerprint density at radius 2 is 1.57 bits per heavy atom. The number of non-ortho nitro benzene ring substituents is 1. The maximum absolute atomic E-state index is 12.7. The highest BCUT2D eigenvalue weighted by Crippen LogP contribution is 2.20. The molecule has 0 aliphatic carbocycles. The van der Waals surface area contributed by atoms with Crippen LogP contribution in [0.3, 0.4) is 0 Å². The number of hydrogen-bond donors (Lipinski definition) is 1. The average Bonchev–Trinajstić information content (AvgIpc) is 3.17. The van der Waals surface area contributed by atoms with Crippen molar-refractivity contribution in [3.8, 4) is 11.4 Å². The number of amides is 1. The first-order valence-corrected chi connectivity index (χ1v) is 9.38. The molecule has 1 amide bonds. The smallest absolute Gasteiger partial charge is 0.266 e. The van der Waals surface area contributed by atoms with Gasteiger partial charge in [0.25, 0.3) is 11.6 Å². The first-order valence-electron chi connectivity index (χ1n) is 9.38. The molecule has 0 unspecified atom stereocenters. The molecule has 0 atom stereocenters. The molecule has 4 aromatic rings. The Kier molecular flexibility index (Phi) is 5.34. The van der Waals surface area contributed by atoms with Crippen LogP contribution in [0.5, 0.6) is 0 Å². The van der Waals surface area contributed by atoms with Gasteiger partial charge in [-0.05, 0) is 29.8 Å². The van der Waals surface area contributed by atoms with E-state index < -0.39 is 4.92 Å². The van der Waals surface area contributed by atoms with Crippen LogP contribution in [0.2, 0.25) is 0 Å². The normalized spacial score (nSPS) is 10.5. The second kappa shape index (κ2) is 8.40. The summed E-state index contributed by atoms with van der Waals surface area (Å²) >= 11 is 0. The fourth-order valence-corrected chi connectivity index (χ4v) is 3.23. The van der Waals surface area contributed by atoms with E-state index >= 15 is 0 Å². The third-order valence-corrected chi connectivity index (χ3v) is 4.69. The van der Waals surface area contributed by atoms with Crippen LogP contribution in [0.15, 0.2) is 97.3 Å². The van der Waals surface area contributed by atoms with Crippen LogP contribution in [0, 0.1) is 10.1 Å². The summed E-state index contributed by atoms with van der Waals surface area (Å²) < 4.78 is 3.63. The summed E-state index contributed by atoms with van der Waals surface area (Å²) in [4.78, 5) is 23.3. The number of nitro groups is 1. The van der Waals surface area contributed by atoms with E-state index in [-0.39, 0.29) is 11.6 Å². The first-order chi connectivity index (χ1) is 14.6. The van der Waals surface area contributed by atoms with E-state index in [1.54, 1.807) is 47.3 Å². The Morgan fingerprint density at radius 1 is 0.933 bits per heavy atom. The van der Waals surface area contributed by atoms with Crippen LogP contribution in [0.1, 0.15) is 15.9 Å². The molecule has 1 N–H and O–H groups in total. The minimum Gasteiger partial charge on any atom is -0.266 e. The predicted octanol–water partition coefficient (Wildman–Crippen LogP) is 3.78. The molecule has 7 heteroatoms. The lowest BCUT2D eigenvalue weighted by Crippen LogP contribution is -2.37. The second-order valence-corrected chi connectivity index (χ2v) is 6.72. The monoisotopic (exact) mass is 399 g/mol. The average molecular weight is 399 g/mol. The summed E-state index contributed by atoms with van der Waals surface area (Å²) in [6.45, 7) is 0.585. The van der Waals surface area contributed by atoms with Crippen molar-refractivity contribution in [2.75, 3.05) is 5.43 Å². The first kappa shape index (κ1) is 19.1. The van der Waals surface area contributed by atoms with E-state index in [2.05, 4.69) is 5.43 Å². The van der Waals surface area contributed by atoms with E-state index in [9.17, 15) is 14.9 Å². The van der Waals surface area contributed by atoms with Gasteiger partial charge in [-0.25, -0.2) is 4.57 Å². The van der Waals surface area contributed by atoms with Crippen molar-refractivity contribution < 1.29 is 14.3 Å². The van der Waals surface area contributed by atoms with Gasteiger partial charge in [-0.15, -0.1) is 4.68 Å². The van der Waals surface area contributed by atoms with E-state index in [0.717, 1.165) is 11.1 Å². The molecule has 0 radical (unpaired) electrons. The topological polar surface area (TPSA) is 81.0 Å². The van der Waals surface area contributed by atoms with Crippen molar-refractivity contribution in [3.63, 3.8) is 0 Å². The van der Waals surface area contributed by atoms with Crippen LogP contribution in [-0.4, -0.2) is 15.5 Å². The van der Waals surface area contributed by atoms with Crippen molar-refractivity contribution >= 4 is 11.6 Å². The number of carbonyl (C=O) groups is 1. The van der Waals surface area contributed by atoms with Gasteiger partial charge in [-0.3, -0.25) is 14.9 Å². The molecule has 148 valence electrons. The number of nitrogens with one attached hydrogen (secondary N) is 1. The molecule has 0 spiro atoms. The molecule has 3 aromatic carbocycles. The fraction of sp³-hybridized carbons (Fsp3) is 0.0435. The standard InChI is InChI=1S/C23H18N4O3/c28-22(19-9-5-2-6-10-19)24-26-16-15-25(17-18-7-3-1-4-8-18)23(26)20-11-13-21(14-12-20)27(29)30/h1-16H,17H2/p+1. The molecule has 0 aliphatic rings. The maximum Gasteiger partial charge on any atom is 0.312 e. The van der Waals surface area contributed by atoms with Gasteiger partial charge in [-0.1, -0.05) is 48.5 Å². The van der Waals surface area contributed by atoms with Crippen LogP contribution in [0.4, 0.5) is 5.69 Å². The van der Waals surface area contributed by atoms with Crippen LogP contribution < -0.4 is 9.99 Å². The van der Waals surface area contributed by atoms with Gasteiger partial charge in [0.1, 0.15) is 12.7 Å². The van der Waals surface area contributed by atoms with E-state index in [1.165, 1.54) is 12.1 Å². The van der Waals surface area contributed by atoms with Gasteiger partial charge in [0, 0.05) is 17.7 Å². The lowest BCUT2D eigenvalue weighted by Gasteiger charge is -2.07. The van der Waals surface area contributed by atoms with Gasteiger partial charge in [0.2, 0.25) is 0 Å². The van der Waals surface area contributed by atoms with E-state index in [1.807, 2.05) is 47.2 Å². The predicted molar refractivity (Wildman–Crippen MR) is 112 cm³/mol. The quantitative estimate of drug-likeness (QED) is 0.304. The Labute approximate surface area is 173 Å². The summed E-state index contributed by atoms with van der Waals surface area (Å²) in [7, 11) is 0. The molecule has 1 aromatic heterocycles. The van der Waals surface area contributed by atoms with Crippen LogP contribution in [0.25, 0.3) is 11.4 Å². The van der Waals surface area contributed by atoms with Crippen molar-refractivity contribution in [3.05, 3.63) is 119 Å². The molecule has 0 saturated carbocycles. The number of hydrogen-bond acceptors (Lipinski definition) is 3. The molecule has 30 heavy (non-hydrogen) atoms. The van der Waals surface area contributed by atoms with Gasteiger partial charge >= 0.3 is 5.82 Å². The molecular weight excluding hydrogens is 380 g/mol. The van der Waals surface area contributed by atoms with E-state index in [0.29, 0.717) is 17.9 Å². The van der Waals surface area contributed by atoms with Gasteiger partial charge < -0.3 is 0 Å². The zero-order chi connectivity index (χ0) is 20.9. The molecule has 0 aliphatic heterocycles. The van der Waals surface area contributed by atoms with Crippen molar-refractivity contribution in [2.45, 2.75) is 6.54 Å². The number of imidazole rings is 1. The number of carbonyl (C=O) groups excluding carboxylic acids is 1. The summed E-state index contributed by atoms with van der Waals surface area (Å²) in [6.07, 6.45) is 3.63. The summed E-state index contributed by atoms with van der Waals surface area (Å²) in [6, 6.07) is 25.1. The third kappa shape index (κ3) is 4.10. The number of benzene rings is 3. The number of aromatic nitrogens is 2. The summed E-state index contributed by atoms with van der Waals surface area (Å²) in [5.74, 6) is 0.458. The number of nitro benzene ring substituents is 1. The lowest BCUT2D eigenvalue weighted by atomic mass is 10.2. The molecule has 0 bridgehead atoms. The summed E-state index contributed by atoms with van der Waals surface area (Å²) in [5, 5.41) is 11.0. The largest absolute Gasteiger partial charge is 0.312 e. The van der Waals surface area contributed by atoms with E-state index in [4.69, 9.17) is 0 Å². The Bertz CT molecular complexity index is 1170. The zero-order valence-corrected chi connectivity index (χ0v) is 16.0. The van der Waals surface area contributed by atoms with Crippen LogP contribution in [-0.2, 0) is 6.54 Å². The highest BCUT2D eigenvalue weighted by Gasteiger charge is 2.23. The van der Waals surface area contributed by atoms with Crippen molar-refractivity contribution in [1.29, 1.82) is 0 Å². The number of rotatable bonds is 6. The Hall–Kier alpha value is -4.26. The van der Waals surface area contributed by atoms with Crippen LogP contribution >= 0.6 is 0 Å². The number of nitrogens with zero attached hydrogens (tertiary/aromatic N) is 3. The van der Waals surface area contributed by atoms with Crippen molar-refractivity contribution in [2.24, 2.45) is 0 Å². The molecule has 0 saturated heterocycles. The SMILES string of the molecule is O=C(Nn1cc[n+](Cc2ccccc2)c1-c1ccc([N+](=O)[O-])cc1)c1ccccc1. The fourth-order valence-electron chi connectivity index (χ4n) is 3.23. The highest BCUT2D eigenvalue weighted by molar-refractivity contribution is 6.00. The maximum atomic E-state index is 12.7. The Balaban J connectivity index is 1.72. The molecular formula is C23H19N4O3+. The summed E-state index contributed by atoms with van der Waals surface area (Å²) in [5.41, 5.74) is 5.28. The molecule has 0 fully saturated rings. The molecule has 7 nitrogen and oxygen atoms in total. The molecule has 1 heterocycles. The van der Waals surface area contributed by atoms with Gasteiger partial charge in [0.05, 0.1) is 10.5 Å². The van der Waals surface area contributed by atoms with Gasteiger partial charge in [0.15, 0.2) is 6.20 Å². The van der Waals surface area contributed by atoms with Gasteiger partial charge in [-0.2, -0.15) is 5.43 Å². The minimum absolute atomic E-state index is 0.0137.